The number of anilines is 1. The van der Waals surface area contributed by atoms with Crippen molar-refractivity contribution in [3.8, 4) is 0 Å². The van der Waals surface area contributed by atoms with Crippen LogP contribution in [0.4, 0.5) is 5.82 Å². The average molecular weight is 244 g/mol. The summed E-state index contributed by atoms with van der Waals surface area (Å²) in [5.41, 5.74) is 3.39. The van der Waals surface area contributed by atoms with Gasteiger partial charge in [-0.1, -0.05) is 13.0 Å². The number of aromatic nitrogens is 1. The average Bonchev–Trinajstić information content (AvgIpc) is 2.37. The third kappa shape index (κ3) is 2.79. The molecule has 1 N–H and O–H groups in total. The first-order valence-electron chi connectivity index (χ1n) is 6.37. The fraction of sp³-hybridized carbons (Fsp3) is 0.400. The maximum absolute atomic E-state index is 5.15. The summed E-state index contributed by atoms with van der Waals surface area (Å²) < 4.78 is 5.15. The lowest BCUT2D eigenvalue weighted by atomic mass is 10.1. The fourth-order valence-electron chi connectivity index (χ4n) is 2.01. The summed E-state index contributed by atoms with van der Waals surface area (Å²) in [6, 6.07) is 8.44. The second-order valence-corrected chi connectivity index (χ2v) is 4.54. The molecule has 3 heteroatoms. The van der Waals surface area contributed by atoms with Gasteiger partial charge in [0, 0.05) is 19.0 Å². The number of nitrogens with one attached hydrogen (secondary N) is 1. The van der Waals surface area contributed by atoms with E-state index in [4.69, 9.17) is 4.74 Å². The third-order valence-corrected chi connectivity index (χ3v) is 2.92. The van der Waals surface area contributed by atoms with E-state index in [-0.39, 0.29) is 0 Å². The van der Waals surface area contributed by atoms with E-state index in [0.717, 1.165) is 24.3 Å². The number of pyridine rings is 1. The molecule has 3 nitrogen and oxygen atoms in total. The second-order valence-electron chi connectivity index (χ2n) is 4.54. The van der Waals surface area contributed by atoms with Crippen LogP contribution in [0.15, 0.2) is 24.3 Å². The zero-order valence-corrected chi connectivity index (χ0v) is 11.3. The lowest BCUT2D eigenvalue weighted by molar-refractivity contribution is 0.185. The van der Waals surface area contributed by atoms with E-state index in [1.807, 2.05) is 0 Å². The van der Waals surface area contributed by atoms with Crippen LogP contribution >= 0.6 is 0 Å². The van der Waals surface area contributed by atoms with Gasteiger partial charge >= 0.3 is 0 Å². The summed E-state index contributed by atoms with van der Waals surface area (Å²) in [6.07, 6.45) is 1.10. The Kier molecular flexibility index (Phi) is 4.15. The van der Waals surface area contributed by atoms with Crippen molar-refractivity contribution in [2.75, 3.05) is 19.0 Å². The van der Waals surface area contributed by atoms with Gasteiger partial charge in [0.25, 0.3) is 0 Å². The molecule has 1 aromatic carbocycles. The van der Waals surface area contributed by atoms with Gasteiger partial charge < -0.3 is 10.1 Å². The zero-order chi connectivity index (χ0) is 13.0. The molecule has 0 aliphatic rings. The summed E-state index contributed by atoms with van der Waals surface area (Å²) >= 11 is 0. The molecule has 0 amide bonds. The van der Waals surface area contributed by atoms with Gasteiger partial charge in [-0.2, -0.15) is 0 Å². The monoisotopic (exact) mass is 244 g/mol. The Bertz CT molecular complexity index is 537. The van der Waals surface area contributed by atoms with E-state index in [2.05, 4.69) is 48.4 Å². The molecule has 2 aromatic rings. The highest BCUT2D eigenvalue weighted by Gasteiger charge is 2.03. The van der Waals surface area contributed by atoms with E-state index < -0.39 is 0 Å². The molecule has 0 bridgehead atoms. The molecule has 0 fully saturated rings. The Morgan fingerprint density at radius 2 is 2.11 bits per heavy atom. The lowest BCUT2D eigenvalue weighted by Crippen LogP contribution is -2.04. The van der Waals surface area contributed by atoms with Crippen molar-refractivity contribution >= 4 is 16.7 Å². The highest BCUT2D eigenvalue weighted by molar-refractivity contribution is 5.82. The van der Waals surface area contributed by atoms with Crippen LogP contribution in [0.1, 0.15) is 24.5 Å². The molecular formula is C15H20N2O. The molecule has 2 rings (SSSR count). The summed E-state index contributed by atoms with van der Waals surface area (Å²) in [6.45, 7) is 5.85. The first kappa shape index (κ1) is 12.8. The van der Waals surface area contributed by atoms with Crippen molar-refractivity contribution in [3.05, 3.63) is 35.4 Å². The lowest BCUT2D eigenvalue weighted by Gasteiger charge is -2.10. The minimum Gasteiger partial charge on any atom is -0.380 e. The number of hydrogen-bond acceptors (Lipinski definition) is 3. The van der Waals surface area contributed by atoms with E-state index in [9.17, 15) is 0 Å². The van der Waals surface area contributed by atoms with Crippen LogP contribution in [0.5, 0.6) is 0 Å². The van der Waals surface area contributed by atoms with E-state index in [1.165, 1.54) is 16.5 Å². The Labute approximate surface area is 108 Å². The molecule has 0 spiro atoms. The fourth-order valence-corrected chi connectivity index (χ4v) is 2.01. The van der Waals surface area contributed by atoms with E-state index in [0.29, 0.717) is 6.61 Å². The Morgan fingerprint density at radius 1 is 1.28 bits per heavy atom. The molecule has 1 heterocycles. The molecule has 0 aliphatic heterocycles. The van der Waals surface area contributed by atoms with Crippen LogP contribution in [0.2, 0.25) is 0 Å². The minimum absolute atomic E-state index is 0.644. The van der Waals surface area contributed by atoms with E-state index >= 15 is 0 Å². The Balaban J connectivity index is 2.37. The zero-order valence-electron chi connectivity index (χ0n) is 11.3. The first-order valence-corrected chi connectivity index (χ1v) is 6.37. The standard InChI is InChI=1S/C15H20N2O/c1-4-7-16-15-11(2)8-13-9-12(10-18-3)5-6-14(13)17-15/h5-6,8-9H,4,7,10H2,1-3H3,(H,16,17). The molecule has 1 aromatic heterocycles. The van der Waals surface area contributed by atoms with Crippen molar-refractivity contribution in [2.24, 2.45) is 0 Å². The molecule has 0 radical (unpaired) electrons. The molecule has 0 atom stereocenters. The Morgan fingerprint density at radius 3 is 2.83 bits per heavy atom. The van der Waals surface area contributed by atoms with Crippen molar-refractivity contribution in [3.63, 3.8) is 0 Å². The van der Waals surface area contributed by atoms with Gasteiger partial charge in [-0.05, 0) is 42.7 Å². The molecule has 0 aliphatic carbocycles. The molecule has 0 unspecified atom stereocenters. The predicted octanol–water partition coefficient (Wildman–Crippen LogP) is 3.51. The van der Waals surface area contributed by atoms with Crippen LogP contribution in [-0.2, 0) is 11.3 Å². The minimum atomic E-state index is 0.644. The number of fused-ring (bicyclic) bond motifs is 1. The third-order valence-electron chi connectivity index (χ3n) is 2.92. The number of methoxy groups -OCH3 is 1. The quantitative estimate of drug-likeness (QED) is 0.874. The van der Waals surface area contributed by atoms with Crippen LogP contribution < -0.4 is 5.32 Å². The summed E-state index contributed by atoms with van der Waals surface area (Å²) in [7, 11) is 1.71. The van der Waals surface area contributed by atoms with Gasteiger partial charge in [-0.15, -0.1) is 0 Å². The number of nitrogens with zero attached hydrogens (tertiary/aromatic N) is 1. The smallest absolute Gasteiger partial charge is 0.129 e. The van der Waals surface area contributed by atoms with E-state index in [1.54, 1.807) is 7.11 Å². The van der Waals surface area contributed by atoms with Crippen molar-refractivity contribution in [1.82, 2.24) is 4.98 Å². The van der Waals surface area contributed by atoms with Crippen molar-refractivity contribution in [1.29, 1.82) is 0 Å². The first-order chi connectivity index (χ1) is 8.74. The summed E-state index contributed by atoms with van der Waals surface area (Å²) in [5.74, 6) is 0.990. The molecule has 96 valence electrons. The summed E-state index contributed by atoms with van der Waals surface area (Å²) in [5, 5.41) is 4.53. The normalized spacial score (nSPS) is 10.8. The number of ether oxygens (including phenoxy) is 1. The van der Waals surface area contributed by atoms with Crippen LogP contribution in [-0.4, -0.2) is 18.6 Å². The van der Waals surface area contributed by atoms with Gasteiger partial charge in [0.1, 0.15) is 5.82 Å². The predicted molar refractivity (Wildman–Crippen MR) is 76.0 cm³/mol. The van der Waals surface area contributed by atoms with Crippen molar-refractivity contribution in [2.45, 2.75) is 26.9 Å². The topological polar surface area (TPSA) is 34.2 Å². The van der Waals surface area contributed by atoms with Gasteiger partial charge in [0.05, 0.1) is 12.1 Å². The number of hydrogen-bond donors (Lipinski definition) is 1. The molecule has 0 saturated heterocycles. The van der Waals surface area contributed by atoms with Gasteiger partial charge in [0.15, 0.2) is 0 Å². The van der Waals surface area contributed by atoms with Gasteiger partial charge in [-0.3, -0.25) is 0 Å². The van der Waals surface area contributed by atoms with Crippen LogP contribution in [0.25, 0.3) is 10.9 Å². The maximum atomic E-state index is 5.15. The number of benzene rings is 1. The molecular weight excluding hydrogens is 224 g/mol. The molecule has 0 saturated carbocycles. The SMILES string of the molecule is CCCNc1nc2ccc(COC)cc2cc1C. The Hall–Kier alpha value is -1.61. The van der Waals surface area contributed by atoms with Crippen molar-refractivity contribution < 1.29 is 4.74 Å². The number of aryl methyl sites for hydroxylation is 1. The van der Waals surface area contributed by atoms with Crippen LogP contribution in [0.3, 0.4) is 0 Å². The largest absolute Gasteiger partial charge is 0.380 e. The van der Waals surface area contributed by atoms with Gasteiger partial charge in [0.2, 0.25) is 0 Å². The highest BCUT2D eigenvalue weighted by atomic mass is 16.5. The maximum Gasteiger partial charge on any atom is 0.129 e. The second kappa shape index (κ2) is 5.83. The molecule has 18 heavy (non-hydrogen) atoms. The summed E-state index contributed by atoms with van der Waals surface area (Å²) in [4.78, 5) is 4.66. The highest BCUT2D eigenvalue weighted by Crippen LogP contribution is 2.21. The van der Waals surface area contributed by atoms with Gasteiger partial charge in [-0.25, -0.2) is 4.98 Å². The number of rotatable bonds is 5. The van der Waals surface area contributed by atoms with Crippen LogP contribution in [0, 0.1) is 6.92 Å².